The van der Waals surface area contributed by atoms with Crippen molar-refractivity contribution in [2.45, 2.75) is 125 Å². The monoisotopic (exact) mass is 428 g/mol. The molecule has 31 heavy (non-hydrogen) atoms. The van der Waals surface area contributed by atoms with Gasteiger partial charge in [-0.2, -0.15) is 0 Å². The van der Waals surface area contributed by atoms with Gasteiger partial charge < -0.3 is 5.11 Å². The third-order valence-corrected chi connectivity index (χ3v) is 12.1. The smallest absolute Gasteiger partial charge is 0.0543 e. The second-order valence-corrected chi connectivity index (χ2v) is 13.5. The van der Waals surface area contributed by atoms with E-state index in [1.807, 2.05) is 5.57 Å². The first-order valence-electron chi connectivity index (χ1n) is 14.0. The van der Waals surface area contributed by atoms with Gasteiger partial charge in [-0.05, 0) is 110 Å². The van der Waals surface area contributed by atoms with E-state index in [0.29, 0.717) is 22.2 Å². The molecule has 1 N–H and O–H groups in total. The van der Waals surface area contributed by atoms with E-state index in [2.05, 4.69) is 54.5 Å². The lowest BCUT2D eigenvalue weighted by Crippen LogP contribution is -2.53. The molecule has 0 aromatic carbocycles. The topological polar surface area (TPSA) is 20.2 Å². The zero-order valence-electron chi connectivity index (χ0n) is 21.8. The first-order chi connectivity index (χ1) is 14.6. The molecule has 4 aliphatic rings. The highest BCUT2D eigenvalue weighted by Gasteiger charge is 2.63. The molecule has 9 atom stereocenters. The maximum atomic E-state index is 10.3. The normalized spacial score (nSPS) is 46.7. The van der Waals surface area contributed by atoms with Crippen LogP contribution in [0, 0.1) is 51.8 Å². The van der Waals surface area contributed by atoms with Crippen LogP contribution < -0.4 is 0 Å². The van der Waals surface area contributed by atoms with Gasteiger partial charge in [0, 0.05) is 0 Å². The van der Waals surface area contributed by atoms with Crippen molar-refractivity contribution in [3.8, 4) is 0 Å². The van der Waals surface area contributed by atoms with Crippen LogP contribution in [-0.2, 0) is 0 Å². The number of fused-ring (bicyclic) bond motifs is 5. The maximum Gasteiger partial charge on any atom is 0.0543 e. The Bertz CT molecular complexity index is 678. The van der Waals surface area contributed by atoms with Gasteiger partial charge in [0.1, 0.15) is 0 Å². The van der Waals surface area contributed by atoms with Crippen LogP contribution in [0.2, 0.25) is 0 Å². The van der Waals surface area contributed by atoms with Crippen molar-refractivity contribution in [2.24, 2.45) is 51.8 Å². The SMILES string of the molecule is CC[C@H](CC[C@@H](C)[C@H]1CC[C@@]2(C)[C@@H]3CC[C@H]4C[C@H](O)CC[C@]4(C)C3=CC[C@]12C)C(C)C. The third-order valence-electron chi connectivity index (χ3n) is 12.1. The summed E-state index contributed by atoms with van der Waals surface area (Å²) >= 11 is 0. The molecule has 178 valence electrons. The largest absolute Gasteiger partial charge is 0.393 e. The molecule has 0 bridgehead atoms. The maximum absolute atomic E-state index is 10.3. The average molecular weight is 429 g/mol. The standard InChI is InChI=1S/C30H52O/c1-8-22(20(2)3)10-9-21(4)25-14-17-30(7)27-12-11-23-19-24(31)13-16-28(23,5)26(27)15-18-29(25,30)6/h15,20-25,27,31H,8-14,16-19H2,1-7H3/t21-,22-,23+,24-,25-,27-,28+,29-,30+/m1/s1. The van der Waals surface area contributed by atoms with Gasteiger partial charge >= 0.3 is 0 Å². The van der Waals surface area contributed by atoms with Gasteiger partial charge in [-0.25, -0.2) is 0 Å². The molecule has 0 amide bonds. The summed E-state index contributed by atoms with van der Waals surface area (Å²) < 4.78 is 0. The highest BCUT2D eigenvalue weighted by molar-refractivity contribution is 5.31. The van der Waals surface area contributed by atoms with Crippen molar-refractivity contribution in [3.63, 3.8) is 0 Å². The van der Waals surface area contributed by atoms with Crippen molar-refractivity contribution in [1.29, 1.82) is 0 Å². The molecule has 0 radical (unpaired) electrons. The van der Waals surface area contributed by atoms with Crippen LogP contribution in [0.5, 0.6) is 0 Å². The summed E-state index contributed by atoms with van der Waals surface area (Å²) in [6.45, 7) is 17.8. The Kier molecular flexibility index (Phi) is 6.53. The van der Waals surface area contributed by atoms with Crippen LogP contribution in [0.1, 0.15) is 119 Å². The molecular formula is C30H52O. The minimum Gasteiger partial charge on any atom is -0.393 e. The summed E-state index contributed by atoms with van der Waals surface area (Å²) in [7, 11) is 0. The number of hydrogen-bond acceptors (Lipinski definition) is 1. The van der Waals surface area contributed by atoms with Crippen molar-refractivity contribution < 1.29 is 5.11 Å². The van der Waals surface area contributed by atoms with Crippen molar-refractivity contribution in [2.75, 3.05) is 0 Å². The van der Waals surface area contributed by atoms with Crippen LogP contribution >= 0.6 is 0 Å². The number of aliphatic hydroxyl groups excluding tert-OH is 1. The van der Waals surface area contributed by atoms with E-state index < -0.39 is 0 Å². The van der Waals surface area contributed by atoms with E-state index in [4.69, 9.17) is 0 Å². The lowest BCUT2D eigenvalue weighted by Gasteiger charge is -2.61. The first kappa shape index (κ1) is 23.8. The lowest BCUT2D eigenvalue weighted by molar-refractivity contribution is -0.0562. The van der Waals surface area contributed by atoms with Crippen molar-refractivity contribution in [3.05, 3.63) is 11.6 Å². The van der Waals surface area contributed by atoms with Gasteiger partial charge in [-0.1, -0.05) is 73.0 Å². The quantitative estimate of drug-likeness (QED) is 0.421. The summed E-state index contributed by atoms with van der Waals surface area (Å²) in [6, 6.07) is 0. The Hall–Kier alpha value is -0.300. The summed E-state index contributed by atoms with van der Waals surface area (Å²) in [5, 5.41) is 10.3. The highest BCUT2D eigenvalue weighted by atomic mass is 16.3. The number of aliphatic hydroxyl groups is 1. The van der Waals surface area contributed by atoms with E-state index in [0.717, 1.165) is 42.4 Å². The fourth-order valence-corrected chi connectivity index (χ4v) is 9.51. The van der Waals surface area contributed by atoms with Crippen LogP contribution in [0.3, 0.4) is 0 Å². The Morgan fingerprint density at radius 2 is 1.71 bits per heavy atom. The summed E-state index contributed by atoms with van der Waals surface area (Å²) in [6.07, 6.45) is 17.1. The molecular weight excluding hydrogens is 376 g/mol. The van der Waals surface area contributed by atoms with Crippen LogP contribution in [-0.4, -0.2) is 11.2 Å². The molecule has 3 fully saturated rings. The fourth-order valence-electron chi connectivity index (χ4n) is 9.51. The zero-order valence-corrected chi connectivity index (χ0v) is 21.8. The van der Waals surface area contributed by atoms with Gasteiger partial charge in [0.15, 0.2) is 0 Å². The van der Waals surface area contributed by atoms with Crippen LogP contribution in [0.25, 0.3) is 0 Å². The number of rotatable bonds is 6. The molecule has 1 heteroatoms. The predicted octanol–water partition coefficient (Wildman–Crippen LogP) is 8.41. The Labute approximate surface area is 193 Å². The van der Waals surface area contributed by atoms with E-state index in [-0.39, 0.29) is 6.10 Å². The van der Waals surface area contributed by atoms with Crippen molar-refractivity contribution >= 4 is 0 Å². The summed E-state index contributed by atoms with van der Waals surface area (Å²) in [4.78, 5) is 0. The molecule has 0 unspecified atom stereocenters. The molecule has 3 saturated carbocycles. The van der Waals surface area contributed by atoms with Gasteiger partial charge in [-0.3, -0.25) is 0 Å². The third kappa shape index (κ3) is 3.68. The second kappa shape index (κ2) is 8.48. The Balaban J connectivity index is 1.55. The Morgan fingerprint density at radius 3 is 2.39 bits per heavy atom. The second-order valence-electron chi connectivity index (χ2n) is 13.5. The fraction of sp³-hybridized carbons (Fsp3) is 0.933. The van der Waals surface area contributed by atoms with Gasteiger partial charge in [0.2, 0.25) is 0 Å². The number of allylic oxidation sites excluding steroid dienone is 2. The molecule has 0 saturated heterocycles. The molecule has 0 heterocycles. The molecule has 1 nitrogen and oxygen atoms in total. The van der Waals surface area contributed by atoms with E-state index in [1.54, 1.807) is 0 Å². The molecule has 0 aliphatic heterocycles. The lowest BCUT2D eigenvalue weighted by atomic mass is 9.44. The predicted molar refractivity (Wildman–Crippen MR) is 133 cm³/mol. The summed E-state index contributed by atoms with van der Waals surface area (Å²) in [5.41, 5.74) is 3.14. The highest BCUT2D eigenvalue weighted by Crippen LogP contribution is 2.71. The van der Waals surface area contributed by atoms with Gasteiger partial charge in [0.05, 0.1) is 6.10 Å². The molecule has 0 aromatic rings. The molecule has 0 spiro atoms. The van der Waals surface area contributed by atoms with E-state index in [9.17, 15) is 5.11 Å². The van der Waals surface area contributed by atoms with Crippen LogP contribution in [0.4, 0.5) is 0 Å². The van der Waals surface area contributed by atoms with E-state index in [1.165, 1.54) is 57.8 Å². The summed E-state index contributed by atoms with van der Waals surface area (Å²) in [5.74, 6) is 4.97. The Morgan fingerprint density at radius 1 is 0.968 bits per heavy atom. The molecule has 0 aromatic heterocycles. The zero-order chi connectivity index (χ0) is 22.6. The minimum absolute atomic E-state index is 0.0471. The van der Waals surface area contributed by atoms with E-state index >= 15 is 0 Å². The van der Waals surface area contributed by atoms with Gasteiger partial charge in [0.25, 0.3) is 0 Å². The van der Waals surface area contributed by atoms with Crippen LogP contribution in [0.15, 0.2) is 11.6 Å². The molecule has 4 aliphatic carbocycles. The first-order valence-corrected chi connectivity index (χ1v) is 14.0. The van der Waals surface area contributed by atoms with Crippen molar-refractivity contribution in [1.82, 2.24) is 0 Å². The average Bonchev–Trinajstić information content (AvgIpc) is 3.00. The number of hydrogen-bond donors (Lipinski definition) is 1. The minimum atomic E-state index is -0.0471. The molecule has 4 rings (SSSR count). The van der Waals surface area contributed by atoms with Gasteiger partial charge in [-0.15, -0.1) is 0 Å².